The molecule has 1 aliphatic rings. The van der Waals surface area contributed by atoms with Crippen LogP contribution in [0.3, 0.4) is 0 Å². The lowest BCUT2D eigenvalue weighted by atomic mass is 10.0. The van der Waals surface area contributed by atoms with Gasteiger partial charge in [-0.25, -0.2) is 0 Å². The first kappa shape index (κ1) is 15.0. The summed E-state index contributed by atoms with van der Waals surface area (Å²) in [5.41, 5.74) is 3.11. The maximum Gasteiger partial charge on any atom is 0.220 e. The highest BCUT2D eigenvalue weighted by molar-refractivity contribution is 5.76. The van der Waals surface area contributed by atoms with E-state index in [2.05, 4.69) is 15.5 Å². The fraction of sp³-hybridized carbons (Fsp3) is 0.733. The van der Waals surface area contributed by atoms with Gasteiger partial charge in [0.15, 0.2) is 0 Å². The lowest BCUT2D eigenvalue weighted by Gasteiger charge is -2.18. The van der Waals surface area contributed by atoms with Crippen molar-refractivity contribution in [3.63, 3.8) is 0 Å². The summed E-state index contributed by atoms with van der Waals surface area (Å²) in [7, 11) is 0. The van der Waals surface area contributed by atoms with Crippen LogP contribution in [0.1, 0.15) is 49.1 Å². The molecule has 0 spiro atoms. The molecule has 1 aromatic rings. The van der Waals surface area contributed by atoms with Crippen LogP contribution in [0.2, 0.25) is 0 Å². The van der Waals surface area contributed by atoms with E-state index in [-0.39, 0.29) is 12.0 Å². The van der Waals surface area contributed by atoms with Crippen LogP contribution in [0.25, 0.3) is 0 Å². The monoisotopic (exact) mass is 279 g/mol. The number of rotatable bonds is 6. The molecule has 1 saturated carbocycles. The van der Waals surface area contributed by atoms with Gasteiger partial charge in [0.1, 0.15) is 0 Å². The van der Waals surface area contributed by atoms with Crippen LogP contribution >= 0.6 is 0 Å². The van der Waals surface area contributed by atoms with Gasteiger partial charge >= 0.3 is 0 Å². The van der Waals surface area contributed by atoms with Gasteiger partial charge in [0, 0.05) is 18.7 Å². The molecule has 1 atom stereocenters. The second kappa shape index (κ2) is 6.88. The molecule has 20 heavy (non-hydrogen) atoms. The van der Waals surface area contributed by atoms with E-state index in [0.29, 0.717) is 25.3 Å². The summed E-state index contributed by atoms with van der Waals surface area (Å²) < 4.78 is 0. The normalized spacial score (nSPS) is 17.4. The average Bonchev–Trinajstić information content (AvgIpc) is 3.05. The first-order valence-electron chi connectivity index (χ1n) is 7.53. The van der Waals surface area contributed by atoms with Gasteiger partial charge in [0.05, 0.1) is 11.8 Å². The highest BCUT2D eigenvalue weighted by Gasteiger charge is 2.23. The number of nitrogens with one attached hydrogen (secondary N) is 2. The molecule has 1 heterocycles. The SMILES string of the molecule is Cc1n[nH]c(C)c1CCC(=O)NCC(O)C1CCCC1. The average molecular weight is 279 g/mol. The molecule has 112 valence electrons. The number of hydrogen-bond donors (Lipinski definition) is 3. The molecule has 0 radical (unpaired) electrons. The van der Waals surface area contributed by atoms with Gasteiger partial charge in [0.2, 0.25) is 5.91 Å². The number of hydrogen-bond acceptors (Lipinski definition) is 3. The molecule has 0 saturated heterocycles. The summed E-state index contributed by atoms with van der Waals surface area (Å²) in [5.74, 6) is 0.371. The number of nitrogens with zero attached hydrogens (tertiary/aromatic N) is 1. The molecule has 1 aliphatic carbocycles. The molecule has 5 heteroatoms. The van der Waals surface area contributed by atoms with E-state index >= 15 is 0 Å². The van der Waals surface area contributed by atoms with Gasteiger partial charge in [-0.3, -0.25) is 9.89 Å². The minimum Gasteiger partial charge on any atom is -0.391 e. The number of carbonyl (C=O) groups is 1. The van der Waals surface area contributed by atoms with E-state index in [1.165, 1.54) is 12.8 Å². The fourth-order valence-electron chi connectivity index (χ4n) is 3.00. The van der Waals surface area contributed by atoms with Crippen molar-refractivity contribution in [1.29, 1.82) is 0 Å². The second-order valence-corrected chi connectivity index (χ2v) is 5.83. The van der Waals surface area contributed by atoms with Crippen molar-refractivity contribution in [1.82, 2.24) is 15.5 Å². The number of carbonyl (C=O) groups excluding carboxylic acids is 1. The third-order valence-electron chi connectivity index (χ3n) is 4.34. The number of aromatic amines is 1. The summed E-state index contributed by atoms with van der Waals surface area (Å²) in [4.78, 5) is 11.8. The van der Waals surface area contributed by atoms with Gasteiger partial charge in [-0.2, -0.15) is 5.10 Å². The van der Waals surface area contributed by atoms with Crippen LogP contribution in [0.4, 0.5) is 0 Å². The van der Waals surface area contributed by atoms with Gasteiger partial charge in [-0.15, -0.1) is 0 Å². The first-order chi connectivity index (χ1) is 9.58. The standard InChI is InChI=1S/C15H25N3O2/c1-10-13(11(2)18-17-10)7-8-15(20)16-9-14(19)12-5-3-4-6-12/h12,14,19H,3-9H2,1-2H3,(H,16,20)(H,17,18). The zero-order chi connectivity index (χ0) is 14.5. The Labute approximate surface area is 120 Å². The minimum absolute atomic E-state index is 0.00190. The van der Waals surface area contributed by atoms with Gasteiger partial charge < -0.3 is 10.4 Å². The Morgan fingerprint density at radius 1 is 1.45 bits per heavy atom. The zero-order valence-electron chi connectivity index (χ0n) is 12.4. The molecule has 0 bridgehead atoms. The third kappa shape index (κ3) is 3.82. The number of aromatic nitrogens is 2. The molecule has 2 rings (SSSR count). The molecule has 0 aliphatic heterocycles. The number of aliphatic hydroxyl groups is 1. The molecule has 3 N–H and O–H groups in total. The summed E-state index contributed by atoms with van der Waals surface area (Å²) in [6.07, 6.45) is 5.33. The summed E-state index contributed by atoms with van der Waals surface area (Å²) in [6.45, 7) is 4.30. The Balaban J connectivity index is 1.70. The quantitative estimate of drug-likeness (QED) is 0.740. The van der Waals surface area contributed by atoms with Crippen molar-refractivity contribution in [2.75, 3.05) is 6.54 Å². The molecule has 1 aromatic heterocycles. The first-order valence-corrected chi connectivity index (χ1v) is 7.53. The van der Waals surface area contributed by atoms with Crippen molar-refractivity contribution < 1.29 is 9.90 Å². The van der Waals surface area contributed by atoms with Gasteiger partial charge in [0.25, 0.3) is 0 Å². The molecular weight excluding hydrogens is 254 g/mol. The number of amides is 1. The van der Waals surface area contributed by atoms with E-state index in [9.17, 15) is 9.90 Å². The van der Waals surface area contributed by atoms with E-state index in [1.54, 1.807) is 0 Å². The van der Waals surface area contributed by atoms with E-state index in [1.807, 2.05) is 13.8 Å². The lowest BCUT2D eigenvalue weighted by Crippen LogP contribution is -2.35. The molecule has 1 unspecified atom stereocenters. The summed E-state index contributed by atoms with van der Waals surface area (Å²) in [6, 6.07) is 0. The Bertz CT molecular complexity index is 430. The van der Waals surface area contributed by atoms with Crippen LogP contribution in [0.15, 0.2) is 0 Å². The van der Waals surface area contributed by atoms with E-state index in [0.717, 1.165) is 29.8 Å². The summed E-state index contributed by atoms with van der Waals surface area (Å²) >= 11 is 0. The maximum atomic E-state index is 11.8. The van der Waals surface area contributed by atoms with Crippen LogP contribution < -0.4 is 5.32 Å². The Morgan fingerprint density at radius 3 is 2.75 bits per heavy atom. The summed E-state index contributed by atoms with van der Waals surface area (Å²) in [5, 5.41) is 19.9. The van der Waals surface area contributed by atoms with Crippen LogP contribution in [-0.2, 0) is 11.2 Å². The predicted octanol–water partition coefficient (Wildman–Crippen LogP) is 1.63. The maximum absolute atomic E-state index is 11.8. The topological polar surface area (TPSA) is 78.0 Å². The Morgan fingerprint density at radius 2 is 2.15 bits per heavy atom. The Hall–Kier alpha value is -1.36. The predicted molar refractivity (Wildman–Crippen MR) is 77.4 cm³/mol. The van der Waals surface area contributed by atoms with E-state index < -0.39 is 0 Å². The fourth-order valence-corrected chi connectivity index (χ4v) is 3.00. The largest absolute Gasteiger partial charge is 0.391 e. The van der Waals surface area contributed by atoms with Gasteiger partial charge in [-0.05, 0) is 44.6 Å². The third-order valence-corrected chi connectivity index (χ3v) is 4.34. The molecule has 1 fully saturated rings. The second-order valence-electron chi connectivity index (χ2n) is 5.83. The van der Waals surface area contributed by atoms with Gasteiger partial charge in [-0.1, -0.05) is 12.8 Å². The van der Waals surface area contributed by atoms with Crippen molar-refractivity contribution in [3.8, 4) is 0 Å². The van der Waals surface area contributed by atoms with Crippen LogP contribution in [0, 0.1) is 19.8 Å². The molecule has 0 aromatic carbocycles. The molecule has 5 nitrogen and oxygen atoms in total. The van der Waals surface area contributed by atoms with Crippen molar-refractivity contribution in [3.05, 3.63) is 17.0 Å². The van der Waals surface area contributed by atoms with Crippen molar-refractivity contribution >= 4 is 5.91 Å². The number of aryl methyl sites for hydroxylation is 2. The number of H-pyrrole nitrogens is 1. The van der Waals surface area contributed by atoms with Crippen molar-refractivity contribution in [2.45, 2.75) is 58.5 Å². The zero-order valence-corrected chi connectivity index (χ0v) is 12.4. The lowest BCUT2D eigenvalue weighted by molar-refractivity contribution is -0.121. The van der Waals surface area contributed by atoms with Crippen molar-refractivity contribution in [2.24, 2.45) is 5.92 Å². The van der Waals surface area contributed by atoms with Crippen LogP contribution in [-0.4, -0.2) is 33.9 Å². The number of aliphatic hydroxyl groups excluding tert-OH is 1. The molecule has 1 amide bonds. The molecular formula is C15H25N3O2. The minimum atomic E-state index is -0.390. The highest BCUT2D eigenvalue weighted by atomic mass is 16.3. The highest BCUT2D eigenvalue weighted by Crippen LogP contribution is 2.27. The Kier molecular flexibility index (Phi) is 5.17. The van der Waals surface area contributed by atoms with E-state index in [4.69, 9.17) is 0 Å². The smallest absolute Gasteiger partial charge is 0.220 e. The van der Waals surface area contributed by atoms with Crippen LogP contribution in [0.5, 0.6) is 0 Å².